The number of sulfone groups is 1. The molecule has 0 saturated heterocycles. The highest BCUT2D eigenvalue weighted by atomic mass is 32.2. The van der Waals surface area contributed by atoms with Crippen molar-refractivity contribution in [1.29, 1.82) is 0 Å². The summed E-state index contributed by atoms with van der Waals surface area (Å²) in [5, 5.41) is -0.442. The summed E-state index contributed by atoms with van der Waals surface area (Å²) in [6, 6.07) is 7.94. The normalized spacial score (nSPS) is 26.0. The fourth-order valence-electron chi connectivity index (χ4n) is 2.98. The smallest absolute Gasteiger partial charge is 0.151 e. The van der Waals surface area contributed by atoms with Crippen molar-refractivity contribution < 1.29 is 8.42 Å². The molecular weight excluding hydrogens is 248 g/mol. The predicted molar refractivity (Wildman–Crippen MR) is 73.1 cm³/mol. The first-order valence-corrected chi connectivity index (χ1v) is 7.98. The van der Waals surface area contributed by atoms with Crippen LogP contribution in [0.2, 0.25) is 0 Å². The lowest BCUT2D eigenvalue weighted by atomic mass is 9.99. The van der Waals surface area contributed by atoms with E-state index >= 15 is 0 Å². The van der Waals surface area contributed by atoms with Gasteiger partial charge in [-0.25, -0.2) is 8.42 Å². The Hall–Kier alpha value is -0.910. The monoisotopic (exact) mass is 268 g/mol. The Labute approximate surface area is 108 Å². The topological polar surface area (TPSA) is 86.2 Å². The summed E-state index contributed by atoms with van der Waals surface area (Å²) in [4.78, 5) is 0. The number of nitrogens with two attached hydrogens (primary N) is 2. The SMILES string of the molecule is Cc1ccc([C@@H]2[C@@H](S(C)(=O)=O)C2(CN)CN)cc1. The molecule has 100 valence electrons. The molecular formula is C13H20N2O2S. The van der Waals surface area contributed by atoms with Crippen molar-refractivity contribution in [3.8, 4) is 0 Å². The largest absolute Gasteiger partial charge is 0.330 e. The van der Waals surface area contributed by atoms with Crippen LogP contribution < -0.4 is 11.5 Å². The van der Waals surface area contributed by atoms with Crippen LogP contribution in [0.4, 0.5) is 0 Å². The quantitative estimate of drug-likeness (QED) is 0.828. The molecule has 4 nitrogen and oxygen atoms in total. The zero-order valence-electron chi connectivity index (χ0n) is 10.8. The Bertz CT molecular complexity index is 533. The molecule has 1 aromatic rings. The van der Waals surface area contributed by atoms with Crippen LogP contribution in [0.3, 0.4) is 0 Å². The van der Waals surface area contributed by atoms with Gasteiger partial charge in [0, 0.05) is 30.7 Å². The minimum Gasteiger partial charge on any atom is -0.330 e. The van der Waals surface area contributed by atoms with Gasteiger partial charge in [0.1, 0.15) is 0 Å². The fourth-order valence-corrected chi connectivity index (χ4v) is 5.01. The van der Waals surface area contributed by atoms with E-state index in [1.54, 1.807) is 0 Å². The number of hydrogen-bond donors (Lipinski definition) is 2. The van der Waals surface area contributed by atoms with E-state index in [2.05, 4.69) is 0 Å². The van der Waals surface area contributed by atoms with Gasteiger partial charge < -0.3 is 11.5 Å². The van der Waals surface area contributed by atoms with E-state index in [0.717, 1.165) is 11.1 Å². The summed E-state index contributed by atoms with van der Waals surface area (Å²) in [6.45, 7) is 2.61. The minimum atomic E-state index is -3.13. The molecule has 1 aliphatic carbocycles. The summed E-state index contributed by atoms with van der Waals surface area (Å²) >= 11 is 0. The summed E-state index contributed by atoms with van der Waals surface area (Å²) in [7, 11) is -3.13. The molecule has 0 bridgehead atoms. The predicted octanol–water partition coefficient (Wildman–Crippen LogP) is 0.409. The van der Waals surface area contributed by atoms with E-state index in [1.165, 1.54) is 6.26 Å². The van der Waals surface area contributed by atoms with E-state index in [4.69, 9.17) is 11.5 Å². The first kappa shape index (κ1) is 13.5. The fraction of sp³-hybridized carbons (Fsp3) is 0.538. The molecule has 2 rings (SSSR count). The highest BCUT2D eigenvalue weighted by Crippen LogP contribution is 2.61. The van der Waals surface area contributed by atoms with Gasteiger partial charge in [0.15, 0.2) is 9.84 Å². The third-order valence-electron chi connectivity index (χ3n) is 4.04. The maximum Gasteiger partial charge on any atom is 0.151 e. The standard InChI is InChI=1S/C13H20N2O2S/c1-9-3-5-10(6-4-9)11-12(18(2,16)17)13(11,7-14)8-15/h3-6,11-12H,7-8,14-15H2,1-2H3/t11-,12-/m1/s1. The molecule has 0 aliphatic heterocycles. The van der Waals surface area contributed by atoms with Crippen molar-refractivity contribution in [3.05, 3.63) is 35.4 Å². The Morgan fingerprint density at radius 3 is 2.00 bits per heavy atom. The number of benzene rings is 1. The second-order valence-corrected chi connectivity index (χ2v) is 7.45. The Morgan fingerprint density at radius 1 is 1.17 bits per heavy atom. The van der Waals surface area contributed by atoms with Crippen molar-refractivity contribution >= 4 is 9.84 Å². The second-order valence-electron chi connectivity index (χ2n) is 5.28. The molecule has 0 aromatic heterocycles. The van der Waals surface area contributed by atoms with Crippen LogP contribution in [0.5, 0.6) is 0 Å². The van der Waals surface area contributed by atoms with Gasteiger partial charge in [0.25, 0.3) is 0 Å². The third-order valence-corrected chi connectivity index (χ3v) is 5.70. The van der Waals surface area contributed by atoms with Gasteiger partial charge in [0.2, 0.25) is 0 Å². The minimum absolute atomic E-state index is 0.0666. The molecule has 0 radical (unpaired) electrons. The molecule has 0 amide bonds. The summed E-state index contributed by atoms with van der Waals surface area (Å²) in [5.41, 5.74) is 13.3. The van der Waals surface area contributed by atoms with Crippen molar-refractivity contribution in [1.82, 2.24) is 0 Å². The lowest BCUT2D eigenvalue weighted by molar-refractivity contribution is 0.511. The summed E-state index contributed by atoms with van der Waals surface area (Å²) in [6.07, 6.45) is 1.27. The molecule has 4 N–H and O–H groups in total. The maximum atomic E-state index is 11.9. The molecule has 18 heavy (non-hydrogen) atoms. The number of hydrogen-bond acceptors (Lipinski definition) is 4. The molecule has 0 unspecified atom stereocenters. The van der Waals surface area contributed by atoms with E-state index in [0.29, 0.717) is 13.1 Å². The molecule has 0 heterocycles. The highest BCUT2D eigenvalue weighted by Gasteiger charge is 2.68. The van der Waals surface area contributed by atoms with Gasteiger partial charge >= 0.3 is 0 Å². The van der Waals surface area contributed by atoms with Gasteiger partial charge in [0.05, 0.1) is 5.25 Å². The van der Waals surface area contributed by atoms with Crippen molar-refractivity contribution in [3.63, 3.8) is 0 Å². The highest BCUT2D eigenvalue weighted by molar-refractivity contribution is 7.91. The van der Waals surface area contributed by atoms with Crippen LogP contribution in [0, 0.1) is 12.3 Å². The third kappa shape index (κ3) is 1.96. The van der Waals surface area contributed by atoms with E-state index in [1.807, 2.05) is 31.2 Å². The second kappa shape index (κ2) is 4.33. The van der Waals surface area contributed by atoms with E-state index < -0.39 is 20.5 Å². The van der Waals surface area contributed by atoms with E-state index in [9.17, 15) is 8.42 Å². The first-order chi connectivity index (χ1) is 8.36. The van der Waals surface area contributed by atoms with Crippen LogP contribution in [-0.4, -0.2) is 33.0 Å². The van der Waals surface area contributed by atoms with Crippen molar-refractivity contribution in [2.75, 3.05) is 19.3 Å². The maximum absolute atomic E-state index is 11.9. The average molecular weight is 268 g/mol. The first-order valence-electron chi connectivity index (χ1n) is 6.02. The summed E-state index contributed by atoms with van der Waals surface area (Å²) < 4.78 is 23.7. The molecule has 1 aliphatic rings. The zero-order valence-corrected chi connectivity index (χ0v) is 11.6. The van der Waals surface area contributed by atoms with Gasteiger partial charge in [-0.3, -0.25) is 0 Å². The summed E-state index contributed by atoms with van der Waals surface area (Å²) in [5.74, 6) is -0.0666. The zero-order chi connectivity index (χ0) is 13.6. The van der Waals surface area contributed by atoms with Gasteiger partial charge in [-0.1, -0.05) is 29.8 Å². The van der Waals surface area contributed by atoms with Crippen LogP contribution in [0.15, 0.2) is 24.3 Å². The van der Waals surface area contributed by atoms with Crippen LogP contribution >= 0.6 is 0 Å². The molecule has 5 heteroatoms. The van der Waals surface area contributed by atoms with Crippen molar-refractivity contribution in [2.24, 2.45) is 16.9 Å². The van der Waals surface area contributed by atoms with Crippen molar-refractivity contribution in [2.45, 2.75) is 18.1 Å². The Balaban J connectivity index is 2.41. The molecule has 1 fully saturated rings. The Kier molecular flexibility index (Phi) is 3.25. The molecule has 1 aromatic carbocycles. The Morgan fingerprint density at radius 2 is 1.67 bits per heavy atom. The molecule has 0 spiro atoms. The lowest BCUT2D eigenvalue weighted by Crippen LogP contribution is -2.31. The van der Waals surface area contributed by atoms with Crippen LogP contribution in [-0.2, 0) is 9.84 Å². The van der Waals surface area contributed by atoms with Crippen LogP contribution in [0.25, 0.3) is 0 Å². The van der Waals surface area contributed by atoms with Gasteiger partial charge in [-0.2, -0.15) is 0 Å². The van der Waals surface area contributed by atoms with Gasteiger partial charge in [-0.05, 0) is 12.5 Å². The number of rotatable bonds is 4. The average Bonchev–Trinajstić information content (AvgIpc) is 3.00. The van der Waals surface area contributed by atoms with Gasteiger partial charge in [-0.15, -0.1) is 0 Å². The molecule has 1 saturated carbocycles. The number of aryl methyl sites for hydroxylation is 1. The van der Waals surface area contributed by atoms with E-state index in [-0.39, 0.29) is 5.92 Å². The lowest BCUT2D eigenvalue weighted by Gasteiger charge is -2.12. The molecule has 2 atom stereocenters. The van der Waals surface area contributed by atoms with Crippen LogP contribution in [0.1, 0.15) is 17.0 Å².